The molecule has 5 nitrogen and oxygen atoms in total. The normalized spacial score (nSPS) is 23.7. The van der Waals surface area contributed by atoms with Crippen molar-refractivity contribution in [1.82, 2.24) is 10.2 Å². The minimum atomic E-state index is -2.93. The fourth-order valence-corrected chi connectivity index (χ4v) is 3.46. The van der Waals surface area contributed by atoms with E-state index in [1.807, 2.05) is 4.90 Å². The minimum Gasteiger partial charge on any atom is -0.493 e. The van der Waals surface area contributed by atoms with Crippen molar-refractivity contribution in [1.29, 1.82) is 0 Å². The molecule has 1 amide bonds. The van der Waals surface area contributed by atoms with E-state index in [9.17, 15) is 13.6 Å². The van der Waals surface area contributed by atoms with Crippen molar-refractivity contribution in [3.8, 4) is 11.5 Å². The molecule has 2 atom stereocenters. The van der Waals surface area contributed by atoms with Gasteiger partial charge in [-0.2, -0.15) is 8.78 Å². The number of ether oxygens (including phenoxy) is 2. The van der Waals surface area contributed by atoms with Crippen LogP contribution in [0.3, 0.4) is 0 Å². The molecule has 2 aliphatic heterocycles. The molecule has 0 spiro atoms. The van der Waals surface area contributed by atoms with Crippen molar-refractivity contribution in [2.24, 2.45) is 0 Å². The van der Waals surface area contributed by atoms with Crippen molar-refractivity contribution in [3.63, 3.8) is 0 Å². The summed E-state index contributed by atoms with van der Waals surface area (Å²) in [5, 5.41) is 3.35. The first-order valence-electron chi connectivity index (χ1n) is 7.76. The molecule has 23 heavy (non-hydrogen) atoms. The maximum Gasteiger partial charge on any atom is 0.387 e. The maximum absolute atomic E-state index is 12.9. The smallest absolute Gasteiger partial charge is 0.387 e. The quantitative estimate of drug-likeness (QED) is 0.922. The molecule has 2 heterocycles. The molecular formula is C16H20F2N2O3. The van der Waals surface area contributed by atoms with Crippen LogP contribution >= 0.6 is 0 Å². The van der Waals surface area contributed by atoms with Gasteiger partial charge in [0.25, 0.3) is 5.91 Å². The first-order chi connectivity index (χ1) is 11.1. The highest BCUT2D eigenvalue weighted by Crippen LogP contribution is 2.33. The Balaban J connectivity index is 1.84. The van der Waals surface area contributed by atoms with E-state index in [-0.39, 0.29) is 29.5 Å². The Labute approximate surface area is 133 Å². The Morgan fingerprint density at radius 3 is 2.78 bits per heavy atom. The van der Waals surface area contributed by atoms with Crippen molar-refractivity contribution in [2.45, 2.75) is 38.0 Å². The van der Waals surface area contributed by atoms with E-state index in [1.54, 1.807) is 0 Å². The molecule has 0 aliphatic carbocycles. The SMILES string of the molecule is COc1cc(C(=O)N2C3CCNCC2CC3)ccc1OC(F)F. The summed E-state index contributed by atoms with van der Waals surface area (Å²) in [6.07, 6.45) is 2.95. The lowest BCUT2D eigenvalue weighted by atomic mass is 10.1. The molecular weight excluding hydrogens is 306 g/mol. The lowest BCUT2D eigenvalue weighted by Crippen LogP contribution is -2.42. The number of carbonyl (C=O) groups excluding carboxylic acids is 1. The maximum atomic E-state index is 12.9. The largest absolute Gasteiger partial charge is 0.493 e. The molecule has 126 valence electrons. The summed E-state index contributed by atoms with van der Waals surface area (Å²) < 4.78 is 34.2. The van der Waals surface area contributed by atoms with Gasteiger partial charge in [0.1, 0.15) is 0 Å². The Morgan fingerprint density at radius 2 is 2.04 bits per heavy atom. The summed E-state index contributed by atoms with van der Waals surface area (Å²) in [6, 6.07) is 4.78. The summed E-state index contributed by atoms with van der Waals surface area (Å²) in [7, 11) is 1.36. The van der Waals surface area contributed by atoms with Gasteiger partial charge in [0, 0.05) is 24.2 Å². The fourth-order valence-electron chi connectivity index (χ4n) is 3.46. The number of carbonyl (C=O) groups is 1. The third kappa shape index (κ3) is 3.24. The predicted molar refractivity (Wildman–Crippen MR) is 80.1 cm³/mol. The monoisotopic (exact) mass is 326 g/mol. The number of amides is 1. The van der Waals surface area contributed by atoms with Gasteiger partial charge in [-0.3, -0.25) is 4.79 Å². The Hall–Kier alpha value is -1.89. The van der Waals surface area contributed by atoms with Crippen LogP contribution in [0.4, 0.5) is 8.78 Å². The van der Waals surface area contributed by atoms with Crippen LogP contribution < -0.4 is 14.8 Å². The molecule has 0 radical (unpaired) electrons. The second kappa shape index (κ2) is 6.70. The predicted octanol–water partition coefficient (Wildman–Crippen LogP) is 2.26. The molecule has 2 aliphatic rings. The molecule has 1 aromatic rings. The Bertz CT molecular complexity index is 568. The van der Waals surface area contributed by atoms with Crippen LogP contribution in [0.5, 0.6) is 11.5 Å². The van der Waals surface area contributed by atoms with Gasteiger partial charge in [0.15, 0.2) is 11.5 Å². The molecule has 3 rings (SSSR count). The second-order valence-corrected chi connectivity index (χ2v) is 5.83. The second-order valence-electron chi connectivity index (χ2n) is 5.83. The first kappa shape index (κ1) is 16.0. The molecule has 2 saturated heterocycles. The van der Waals surface area contributed by atoms with E-state index < -0.39 is 6.61 Å². The summed E-state index contributed by atoms with van der Waals surface area (Å²) in [5.41, 5.74) is 0.433. The first-order valence-corrected chi connectivity index (χ1v) is 7.76. The van der Waals surface area contributed by atoms with Crippen molar-refractivity contribution < 1.29 is 23.0 Å². The topological polar surface area (TPSA) is 50.8 Å². The van der Waals surface area contributed by atoms with E-state index in [2.05, 4.69) is 10.1 Å². The van der Waals surface area contributed by atoms with Gasteiger partial charge in [-0.15, -0.1) is 0 Å². The average molecular weight is 326 g/mol. The average Bonchev–Trinajstić information content (AvgIpc) is 2.79. The van der Waals surface area contributed by atoms with E-state index >= 15 is 0 Å². The number of fused-ring (bicyclic) bond motifs is 2. The zero-order valence-electron chi connectivity index (χ0n) is 12.9. The summed E-state index contributed by atoms with van der Waals surface area (Å²) in [6.45, 7) is -1.22. The lowest BCUT2D eigenvalue weighted by molar-refractivity contribution is -0.0512. The number of hydrogen-bond acceptors (Lipinski definition) is 4. The van der Waals surface area contributed by atoms with E-state index in [0.717, 1.165) is 32.4 Å². The highest BCUT2D eigenvalue weighted by atomic mass is 19.3. The summed E-state index contributed by atoms with van der Waals surface area (Å²) in [5.74, 6) is -0.0147. The van der Waals surface area contributed by atoms with Crippen LogP contribution in [0.25, 0.3) is 0 Å². The molecule has 2 bridgehead atoms. The minimum absolute atomic E-state index is 0.0699. The highest BCUT2D eigenvalue weighted by molar-refractivity contribution is 5.95. The van der Waals surface area contributed by atoms with Gasteiger partial charge in [0.05, 0.1) is 7.11 Å². The van der Waals surface area contributed by atoms with Crippen LogP contribution in [-0.2, 0) is 0 Å². The summed E-state index contributed by atoms with van der Waals surface area (Å²) in [4.78, 5) is 14.8. The van der Waals surface area contributed by atoms with E-state index in [4.69, 9.17) is 4.74 Å². The van der Waals surface area contributed by atoms with Gasteiger partial charge >= 0.3 is 6.61 Å². The van der Waals surface area contributed by atoms with Crippen LogP contribution in [0.2, 0.25) is 0 Å². The van der Waals surface area contributed by atoms with Gasteiger partial charge in [-0.1, -0.05) is 0 Å². The Morgan fingerprint density at radius 1 is 1.26 bits per heavy atom. The molecule has 2 fully saturated rings. The number of benzene rings is 1. The van der Waals surface area contributed by atoms with E-state index in [1.165, 1.54) is 25.3 Å². The lowest BCUT2D eigenvalue weighted by Gasteiger charge is -2.28. The number of halogens is 2. The van der Waals surface area contributed by atoms with Crippen LogP contribution in [0, 0.1) is 0 Å². The molecule has 0 saturated carbocycles. The molecule has 1 aromatic carbocycles. The van der Waals surface area contributed by atoms with Crippen molar-refractivity contribution in [2.75, 3.05) is 20.2 Å². The number of rotatable bonds is 4. The van der Waals surface area contributed by atoms with Crippen molar-refractivity contribution >= 4 is 5.91 Å². The third-order valence-electron chi connectivity index (χ3n) is 4.52. The van der Waals surface area contributed by atoms with Gasteiger partial charge in [0.2, 0.25) is 0 Å². The number of alkyl halides is 2. The van der Waals surface area contributed by atoms with Gasteiger partial charge in [-0.05, 0) is 44.0 Å². The number of methoxy groups -OCH3 is 1. The van der Waals surface area contributed by atoms with Crippen molar-refractivity contribution in [3.05, 3.63) is 23.8 Å². The number of nitrogens with zero attached hydrogens (tertiary/aromatic N) is 1. The van der Waals surface area contributed by atoms with Gasteiger partial charge < -0.3 is 19.7 Å². The zero-order valence-corrected chi connectivity index (χ0v) is 12.9. The van der Waals surface area contributed by atoms with Crippen LogP contribution in [0.15, 0.2) is 18.2 Å². The number of hydrogen-bond donors (Lipinski definition) is 1. The van der Waals surface area contributed by atoms with Crippen LogP contribution in [-0.4, -0.2) is 49.7 Å². The highest BCUT2D eigenvalue weighted by Gasteiger charge is 2.38. The van der Waals surface area contributed by atoms with E-state index in [0.29, 0.717) is 5.56 Å². The van der Waals surface area contributed by atoms with Gasteiger partial charge in [-0.25, -0.2) is 0 Å². The molecule has 1 N–H and O–H groups in total. The third-order valence-corrected chi connectivity index (χ3v) is 4.52. The standard InChI is InChI=1S/C16H20F2N2O3/c1-22-14-8-10(2-5-13(14)23-16(17)18)15(21)20-11-3-4-12(20)9-19-7-6-11/h2,5,8,11-12,16,19H,3-4,6-7,9H2,1H3. The molecule has 0 aromatic heterocycles. The number of nitrogens with one attached hydrogen (secondary N) is 1. The summed E-state index contributed by atoms with van der Waals surface area (Å²) >= 11 is 0. The van der Waals surface area contributed by atoms with Crippen LogP contribution in [0.1, 0.15) is 29.6 Å². The molecule has 2 unspecified atom stereocenters. The fraction of sp³-hybridized carbons (Fsp3) is 0.562. The zero-order chi connectivity index (χ0) is 16.4. The molecule has 7 heteroatoms. The Kier molecular flexibility index (Phi) is 4.66.